The summed E-state index contributed by atoms with van der Waals surface area (Å²) in [4.78, 5) is 23.1. The molecule has 0 heterocycles. The molecule has 0 aromatic heterocycles. The maximum absolute atomic E-state index is 11.9. The van der Waals surface area contributed by atoms with Crippen LogP contribution in [0, 0.1) is 0 Å². The number of ether oxygens (including phenoxy) is 1. The molecule has 23 heavy (non-hydrogen) atoms. The van der Waals surface area contributed by atoms with Crippen LogP contribution in [0.25, 0.3) is 0 Å². The lowest BCUT2D eigenvalue weighted by atomic mass is 10.1. The molecule has 1 N–H and O–H groups in total. The van der Waals surface area contributed by atoms with Crippen LogP contribution < -0.4 is 5.32 Å². The van der Waals surface area contributed by atoms with Crippen LogP contribution in [0.1, 0.15) is 23.7 Å². The summed E-state index contributed by atoms with van der Waals surface area (Å²) >= 11 is 0. The number of benzene rings is 1. The Hall–Kier alpha value is -1.77. The molecule has 0 saturated heterocycles. The Labute approximate surface area is 136 Å². The van der Waals surface area contributed by atoms with E-state index >= 15 is 0 Å². The molecule has 0 saturated carbocycles. The van der Waals surface area contributed by atoms with Crippen molar-refractivity contribution in [3.8, 4) is 0 Å². The number of carbonyl (C=O) groups excluding carboxylic acids is 2. The third-order valence-electron chi connectivity index (χ3n) is 3.18. The average molecular weight is 342 g/mol. The summed E-state index contributed by atoms with van der Waals surface area (Å²) in [5.41, 5.74) is 1.12. The number of hydrogen-bond donors (Lipinski definition) is 1. The van der Waals surface area contributed by atoms with Crippen LogP contribution in [0.3, 0.4) is 0 Å². The fourth-order valence-corrected chi connectivity index (χ4v) is 2.70. The van der Waals surface area contributed by atoms with Gasteiger partial charge < -0.3 is 10.1 Å². The Balaban J connectivity index is 2.56. The maximum atomic E-state index is 11.9. The molecular formula is C15H22N2O5S. The average Bonchev–Trinajstić information content (AvgIpc) is 2.46. The van der Waals surface area contributed by atoms with E-state index in [0.29, 0.717) is 11.3 Å². The van der Waals surface area contributed by atoms with E-state index in [0.717, 1.165) is 6.26 Å². The molecule has 0 aliphatic rings. The van der Waals surface area contributed by atoms with Crippen molar-refractivity contribution in [2.24, 2.45) is 0 Å². The van der Waals surface area contributed by atoms with E-state index in [-0.39, 0.29) is 37.8 Å². The third kappa shape index (κ3) is 6.89. The van der Waals surface area contributed by atoms with Crippen molar-refractivity contribution in [1.82, 2.24) is 4.31 Å². The minimum atomic E-state index is -3.38. The van der Waals surface area contributed by atoms with Gasteiger partial charge in [-0.15, -0.1) is 0 Å². The normalized spacial score (nSPS) is 11.5. The summed E-state index contributed by atoms with van der Waals surface area (Å²) in [5.74, 6) is -0.351. The maximum Gasteiger partial charge on any atom is 0.225 e. The van der Waals surface area contributed by atoms with Crippen LogP contribution in [0.5, 0.6) is 0 Å². The van der Waals surface area contributed by atoms with Gasteiger partial charge in [-0.25, -0.2) is 8.42 Å². The lowest BCUT2D eigenvalue weighted by Gasteiger charge is -2.19. The lowest BCUT2D eigenvalue weighted by molar-refractivity contribution is -0.116. The van der Waals surface area contributed by atoms with Gasteiger partial charge >= 0.3 is 0 Å². The molecule has 1 amide bonds. The summed E-state index contributed by atoms with van der Waals surface area (Å²) in [6, 6.07) is 6.51. The zero-order valence-corrected chi connectivity index (χ0v) is 14.4. The smallest absolute Gasteiger partial charge is 0.225 e. The molecule has 0 aliphatic heterocycles. The zero-order valence-electron chi connectivity index (χ0n) is 13.5. The molecule has 1 aromatic carbocycles. The first-order valence-corrected chi connectivity index (χ1v) is 8.94. The number of nitrogens with zero attached hydrogens (tertiary/aromatic N) is 1. The van der Waals surface area contributed by atoms with Crippen LogP contribution in [0.2, 0.25) is 0 Å². The van der Waals surface area contributed by atoms with Gasteiger partial charge in [-0.2, -0.15) is 4.31 Å². The van der Waals surface area contributed by atoms with Crippen molar-refractivity contribution in [1.29, 1.82) is 0 Å². The molecule has 0 aliphatic carbocycles. The van der Waals surface area contributed by atoms with E-state index in [1.54, 1.807) is 24.3 Å². The Morgan fingerprint density at radius 3 is 2.26 bits per heavy atom. The molecule has 0 fully saturated rings. The number of hydrogen-bond acceptors (Lipinski definition) is 5. The Kier molecular flexibility index (Phi) is 7.34. The Morgan fingerprint density at radius 2 is 1.78 bits per heavy atom. The molecule has 7 nitrogen and oxygen atoms in total. The Bertz CT molecular complexity index is 640. The first kappa shape index (κ1) is 19.3. The standard InChI is InChI=1S/C15H22N2O5S/c1-12(18)13-4-6-14(7-5-13)16-15(19)8-9-17(10-11-22-2)23(3,20)21/h4-7H,8-11H2,1-3H3,(H,16,19). The van der Waals surface area contributed by atoms with E-state index in [9.17, 15) is 18.0 Å². The molecule has 0 bridgehead atoms. The second-order valence-corrected chi connectivity index (χ2v) is 7.07. The highest BCUT2D eigenvalue weighted by Gasteiger charge is 2.17. The molecule has 0 radical (unpaired) electrons. The summed E-state index contributed by atoms with van der Waals surface area (Å²) in [5, 5.41) is 2.67. The van der Waals surface area contributed by atoms with Crippen molar-refractivity contribution < 1.29 is 22.7 Å². The summed E-state index contributed by atoms with van der Waals surface area (Å²) in [6.07, 6.45) is 1.13. The van der Waals surface area contributed by atoms with Crippen molar-refractivity contribution >= 4 is 27.4 Å². The quantitative estimate of drug-likeness (QED) is 0.679. The highest BCUT2D eigenvalue weighted by atomic mass is 32.2. The van der Waals surface area contributed by atoms with E-state index in [2.05, 4.69) is 5.32 Å². The van der Waals surface area contributed by atoms with Crippen LogP contribution >= 0.6 is 0 Å². The second-order valence-electron chi connectivity index (χ2n) is 5.09. The van der Waals surface area contributed by atoms with E-state index < -0.39 is 10.0 Å². The highest BCUT2D eigenvalue weighted by molar-refractivity contribution is 7.88. The number of methoxy groups -OCH3 is 1. The monoisotopic (exact) mass is 342 g/mol. The number of Topliss-reactive ketones (excluding diaryl/α,β-unsaturated/α-hetero) is 1. The highest BCUT2D eigenvalue weighted by Crippen LogP contribution is 2.10. The van der Waals surface area contributed by atoms with Crippen molar-refractivity contribution in [3.05, 3.63) is 29.8 Å². The topological polar surface area (TPSA) is 92.8 Å². The molecule has 0 atom stereocenters. The molecule has 8 heteroatoms. The van der Waals surface area contributed by atoms with Gasteiger partial charge in [0.25, 0.3) is 0 Å². The van der Waals surface area contributed by atoms with Crippen LogP contribution in [-0.4, -0.2) is 57.5 Å². The van der Waals surface area contributed by atoms with Crippen LogP contribution in [-0.2, 0) is 19.6 Å². The first-order chi connectivity index (χ1) is 10.7. The number of ketones is 1. The van der Waals surface area contributed by atoms with Gasteiger partial charge in [-0.05, 0) is 31.2 Å². The Morgan fingerprint density at radius 1 is 1.17 bits per heavy atom. The third-order valence-corrected chi connectivity index (χ3v) is 4.48. The number of anilines is 1. The van der Waals surface area contributed by atoms with Crippen LogP contribution in [0.15, 0.2) is 24.3 Å². The van der Waals surface area contributed by atoms with E-state index in [1.165, 1.54) is 18.3 Å². The lowest BCUT2D eigenvalue weighted by Crippen LogP contribution is -2.35. The molecule has 0 unspecified atom stereocenters. The molecule has 1 rings (SSSR count). The fourth-order valence-electron chi connectivity index (χ4n) is 1.87. The number of amides is 1. The second kappa shape index (κ2) is 8.76. The largest absolute Gasteiger partial charge is 0.383 e. The van der Waals surface area contributed by atoms with Gasteiger partial charge in [-0.3, -0.25) is 9.59 Å². The van der Waals surface area contributed by atoms with E-state index in [1.807, 2.05) is 0 Å². The fraction of sp³-hybridized carbons (Fsp3) is 0.467. The number of nitrogens with one attached hydrogen (secondary N) is 1. The van der Waals surface area contributed by atoms with Gasteiger partial charge in [0.2, 0.25) is 15.9 Å². The predicted molar refractivity (Wildman–Crippen MR) is 88.0 cm³/mol. The molecule has 0 spiro atoms. The summed E-state index contributed by atoms with van der Waals surface area (Å²) < 4.78 is 29.3. The van der Waals surface area contributed by atoms with Crippen LogP contribution in [0.4, 0.5) is 5.69 Å². The van der Waals surface area contributed by atoms with Crippen molar-refractivity contribution in [2.75, 3.05) is 38.4 Å². The first-order valence-electron chi connectivity index (χ1n) is 7.09. The zero-order chi connectivity index (χ0) is 17.5. The summed E-state index contributed by atoms with van der Waals surface area (Å²) in [6.45, 7) is 2.02. The number of rotatable bonds is 9. The van der Waals surface area contributed by atoms with Gasteiger partial charge in [0.05, 0.1) is 12.9 Å². The molecule has 128 valence electrons. The van der Waals surface area contributed by atoms with Gasteiger partial charge in [-0.1, -0.05) is 0 Å². The van der Waals surface area contributed by atoms with Crippen molar-refractivity contribution in [3.63, 3.8) is 0 Å². The minimum Gasteiger partial charge on any atom is -0.383 e. The predicted octanol–water partition coefficient (Wildman–Crippen LogP) is 1.13. The summed E-state index contributed by atoms with van der Waals surface area (Å²) in [7, 11) is -1.90. The van der Waals surface area contributed by atoms with E-state index in [4.69, 9.17) is 4.74 Å². The van der Waals surface area contributed by atoms with Gasteiger partial charge in [0.1, 0.15) is 0 Å². The molecule has 1 aromatic rings. The number of carbonyl (C=O) groups is 2. The number of sulfonamides is 1. The van der Waals surface area contributed by atoms with Gasteiger partial charge in [0.15, 0.2) is 5.78 Å². The minimum absolute atomic E-state index is 0.0330. The van der Waals surface area contributed by atoms with Crippen molar-refractivity contribution in [2.45, 2.75) is 13.3 Å². The van der Waals surface area contributed by atoms with Gasteiger partial charge in [0, 0.05) is 37.9 Å². The molecular weight excluding hydrogens is 320 g/mol. The SMILES string of the molecule is COCCN(CCC(=O)Nc1ccc(C(C)=O)cc1)S(C)(=O)=O.